The zero-order valence-electron chi connectivity index (χ0n) is 10.5. The molecule has 0 atom stereocenters. The van der Waals surface area contributed by atoms with Crippen LogP contribution in [-0.4, -0.2) is 11.0 Å². The summed E-state index contributed by atoms with van der Waals surface area (Å²) in [5, 5.41) is 5.42. The van der Waals surface area contributed by atoms with Gasteiger partial charge in [-0.05, 0) is 23.4 Å². The molecule has 0 spiro atoms. The van der Waals surface area contributed by atoms with Crippen molar-refractivity contribution in [3.05, 3.63) is 29.0 Å². The Kier molecular flexibility index (Phi) is 3.97. The number of hydrogen-bond acceptors (Lipinski definition) is 4. The van der Waals surface area contributed by atoms with Crippen LogP contribution in [0.2, 0.25) is 0 Å². The number of nitrogens with one attached hydrogen (secondary N) is 1. The predicted molar refractivity (Wildman–Crippen MR) is 71.2 cm³/mol. The van der Waals surface area contributed by atoms with Gasteiger partial charge in [0.05, 0.1) is 10.6 Å². The maximum Gasteiger partial charge on any atom is 0.236 e. The molecule has 0 amide bonds. The largest absolute Gasteiger partial charge is 0.444 e. The minimum atomic E-state index is 0.461. The fourth-order valence-corrected chi connectivity index (χ4v) is 2.53. The lowest BCUT2D eigenvalue weighted by Gasteiger charge is -2.04. The number of rotatable bonds is 5. The highest BCUT2D eigenvalue weighted by Crippen LogP contribution is 2.29. The van der Waals surface area contributed by atoms with E-state index in [1.54, 1.807) is 17.6 Å². The zero-order chi connectivity index (χ0) is 12.3. The van der Waals surface area contributed by atoms with Gasteiger partial charge in [-0.3, -0.25) is 0 Å². The van der Waals surface area contributed by atoms with Gasteiger partial charge in [0.2, 0.25) is 5.89 Å². The molecule has 0 fully saturated rings. The van der Waals surface area contributed by atoms with Gasteiger partial charge in [0.15, 0.2) is 0 Å². The molecule has 2 aromatic heterocycles. The van der Waals surface area contributed by atoms with Crippen molar-refractivity contribution in [2.75, 3.05) is 0 Å². The van der Waals surface area contributed by atoms with Crippen molar-refractivity contribution < 1.29 is 4.42 Å². The van der Waals surface area contributed by atoms with Crippen LogP contribution in [0.3, 0.4) is 0 Å². The quantitative estimate of drug-likeness (QED) is 0.883. The van der Waals surface area contributed by atoms with Gasteiger partial charge in [0.25, 0.3) is 0 Å². The summed E-state index contributed by atoms with van der Waals surface area (Å²) in [7, 11) is 0. The minimum absolute atomic E-state index is 0.461. The summed E-state index contributed by atoms with van der Waals surface area (Å²) in [6, 6.07) is 2.60. The van der Waals surface area contributed by atoms with Gasteiger partial charge in [-0.2, -0.15) is 0 Å². The molecule has 3 nitrogen and oxygen atoms in total. The molecule has 0 unspecified atom stereocenters. The summed E-state index contributed by atoms with van der Waals surface area (Å²) in [5.74, 6) is 0.748. The Morgan fingerprint density at radius 1 is 1.47 bits per heavy atom. The Hall–Kier alpha value is -1.13. The van der Waals surface area contributed by atoms with Gasteiger partial charge in [0, 0.05) is 12.6 Å². The highest BCUT2D eigenvalue weighted by molar-refractivity contribution is 7.13. The second-order valence-electron chi connectivity index (χ2n) is 4.31. The first kappa shape index (κ1) is 12.3. The van der Waals surface area contributed by atoms with Crippen LogP contribution in [0, 0.1) is 0 Å². The molecule has 0 bridgehead atoms. The van der Waals surface area contributed by atoms with Crippen molar-refractivity contribution in [3.63, 3.8) is 0 Å². The standard InChI is InChI=1S/C13H18N2OS/c1-4-10-5-6-17-12(10)13-15-11(8-16-13)7-14-9(2)3/h5-6,8-9,14H,4,7H2,1-3H3. The molecule has 2 heterocycles. The molecule has 0 aliphatic heterocycles. The van der Waals surface area contributed by atoms with E-state index < -0.39 is 0 Å². The van der Waals surface area contributed by atoms with E-state index in [2.05, 4.69) is 42.5 Å². The molecule has 4 heteroatoms. The Labute approximate surface area is 106 Å². The highest BCUT2D eigenvalue weighted by Gasteiger charge is 2.11. The van der Waals surface area contributed by atoms with E-state index >= 15 is 0 Å². The molecule has 2 aromatic rings. The summed E-state index contributed by atoms with van der Waals surface area (Å²) in [6.07, 6.45) is 2.75. The van der Waals surface area contributed by atoms with Crippen molar-refractivity contribution >= 4 is 11.3 Å². The maximum atomic E-state index is 5.54. The van der Waals surface area contributed by atoms with Crippen molar-refractivity contribution in [1.29, 1.82) is 0 Å². The van der Waals surface area contributed by atoms with Gasteiger partial charge in [-0.15, -0.1) is 11.3 Å². The molecule has 0 radical (unpaired) electrons. The van der Waals surface area contributed by atoms with Gasteiger partial charge in [0.1, 0.15) is 6.26 Å². The number of thiophene rings is 1. The average molecular weight is 250 g/mol. The first-order valence-electron chi connectivity index (χ1n) is 5.95. The van der Waals surface area contributed by atoms with Gasteiger partial charge < -0.3 is 9.73 Å². The van der Waals surface area contributed by atoms with E-state index in [0.717, 1.165) is 29.4 Å². The Morgan fingerprint density at radius 3 is 3.00 bits per heavy atom. The van der Waals surface area contributed by atoms with Crippen LogP contribution >= 0.6 is 11.3 Å². The van der Waals surface area contributed by atoms with Crippen LogP contribution in [0.5, 0.6) is 0 Å². The first-order valence-corrected chi connectivity index (χ1v) is 6.83. The molecule has 2 rings (SSSR count). The second-order valence-corrected chi connectivity index (χ2v) is 5.22. The van der Waals surface area contributed by atoms with E-state index in [1.807, 2.05) is 0 Å². The van der Waals surface area contributed by atoms with E-state index in [0.29, 0.717) is 6.04 Å². The summed E-state index contributed by atoms with van der Waals surface area (Å²) in [6.45, 7) is 7.15. The molecule has 17 heavy (non-hydrogen) atoms. The summed E-state index contributed by atoms with van der Waals surface area (Å²) < 4.78 is 5.54. The lowest BCUT2D eigenvalue weighted by molar-refractivity contribution is 0.560. The second kappa shape index (κ2) is 5.47. The number of hydrogen-bond donors (Lipinski definition) is 1. The Bertz CT molecular complexity index is 473. The zero-order valence-corrected chi connectivity index (χ0v) is 11.3. The molecule has 0 aliphatic rings. The fraction of sp³-hybridized carbons (Fsp3) is 0.462. The van der Waals surface area contributed by atoms with Gasteiger partial charge in [-0.25, -0.2) is 4.98 Å². The minimum Gasteiger partial charge on any atom is -0.444 e. The average Bonchev–Trinajstić information content (AvgIpc) is 2.94. The Morgan fingerprint density at radius 2 is 2.29 bits per heavy atom. The highest BCUT2D eigenvalue weighted by atomic mass is 32.1. The number of aryl methyl sites for hydroxylation is 1. The lowest BCUT2D eigenvalue weighted by Crippen LogP contribution is -2.21. The van der Waals surface area contributed by atoms with Crippen LogP contribution in [0.15, 0.2) is 22.1 Å². The lowest BCUT2D eigenvalue weighted by atomic mass is 10.2. The molecule has 92 valence electrons. The number of aromatic nitrogens is 1. The third kappa shape index (κ3) is 2.96. The third-order valence-electron chi connectivity index (χ3n) is 2.57. The maximum absolute atomic E-state index is 5.54. The topological polar surface area (TPSA) is 38.1 Å². The monoisotopic (exact) mass is 250 g/mol. The van der Waals surface area contributed by atoms with Crippen molar-refractivity contribution in [2.24, 2.45) is 0 Å². The predicted octanol–water partition coefficient (Wildman–Crippen LogP) is 3.46. The summed E-state index contributed by atoms with van der Waals surface area (Å²) >= 11 is 1.69. The molecule has 0 saturated carbocycles. The smallest absolute Gasteiger partial charge is 0.236 e. The van der Waals surface area contributed by atoms with Gasteiger partial charge >= 0.3 is 0 Å². The number of nitrogens with zero attached hydrogens (tertiary/aromatic N) is 1. The summed E-state index contributed by atoms with van der Waals surface area (Å²) in [4.78, 5) is 5.67. The van der Waals surface area contributed by atoms with Crippen LogP contribution in [0.4, 0.5) is 0 Å². The van der Waals surface area contributed by atoms with Gasteiger partial charge in [-0.1, -0.05) is 20.8 Å². The van der Waals surface area contributed by atoms with E-state index in [-0.39, 0.29) is 0 Å². The summed E-state index contributed by atoms with van der Waals surface area (Å²) in [5.41, 5.74) is 2.27. The molecular formula is C13H18N2OS. The van der Waals surface area contributed by atoms with Crippen LogP contribution in [-0.2, 0) is 13.0 Å². The molecule has 0 saturated heterocycles. The van der Waals surface area contributed by atoms with Crippen molar-refractivity contribution in [3.8, 4) is 10.8 Å². The fourth-order valence-electron chi connectivity index (χ4n) is 1.60. The first-order chi connectivity index (χ1) is 8.20. The molecule has 1 N–H and O–H groups in total. The van der Waals surface area contributed by atoms with E-state index in [4.69, 9.17) is 4.42 Å². The van der Waals surface area contributed by atoms with Crippen molar-refractivity contribution in [1.82, 2.24) is 10.3 Å². The Balaban J connectivity index is 2.12. The van der Waals surface area contributed by atoms with Crippen LogP contribution in [0.25, 0.3) is 10.8 Å². The van der Waals surface area contributed by atoms with Crippen LogP contribution in [0.1, 0.15) is 32.0 Å². The molecular weight excluding hydrogens is 232 g/mol. The van der Waals surface area contributed by atoms with Crippen molar-refractivity contribution in [2.45, 2.75) is 39.8 Å². The number of oxazole rings is 1. The van der Waals surface area contributed by atoms with E-state index in [1.165, 1.54) is 5.56 Å². The molecule has 0 aliphatic carbocycles. The van der Waals surface area contributed by atoms with Crippen LogP contribution < -0.4 is 5.32 Å². The SMILES string of the molecule is CCc1ccsc1-c1nc(CNC(C)C)co1. The normalized spacial score (nSPS) is 11.3. The van der Waals surface area contributed by atoms with E-state index in [9.17, 15) is 0 Å². The molecule has 0 aromatic carbocycles. The third-order valence-corrected chi connectivity index (χ3v) is 3.51.